The SMILES string of the molecule is CC(=O)OC(C)OC(=O)NC(CCC(=O)N1CCC2C=CC=CC2C1)C(=O)N1CCCC1C#N. The monoisotopic (exact) mass is 472 g/mol. The van der Waals surface area contributed by atoms with Gasteiger partial charge in [-0.3, -0.25) is 14.4 Å². The van der Waals surface area contributed by atoms with Gasteiger partial charge >= 0.3 is 12.1 Å². The molecule has 1 aliphatic carbocycles. The number of rotatable bonds is 7. The van der Waals surface area contributed by atoms with E-state index in [1.807, 2.05) is 12.2 Å². The molecule has 0 aromatic carbocycles. The Kier molecular flexibility index (Phi) is 8.68. The van der Waals surface area contributed by atoms with Gasteiger partial charge < -0.3 is 24.6 Å². The number of hydrogen-bond donors (Lipinski definition) is 1. The van der Waals surface area contributed by atoms with Crippen molar-refractivity contribution in [3.05, 3.63) is 24.3 Å². The fourth-order valence-corrected chi connectivity index (χ4v) is 4.72. The molecule has 5 unspecified atom stereocenters. The number of nitrogens with one attached hydrogen (secondary N) is 1. The standard InChI is InChI=1S/C24H32N4O6/c1-16(29)33-17(2)34-24(32)26-21(23(31)28-12-5-8-20(28)14-25)9-10-22(30)27-13-11-18-6-3-4-7-19(18)15-27/h3-4,6-7,17-21H,5,8-13,15H2,1-2H3,(H,26,32). The third-order valence-corrected chi connectivity index (χ3v) is 6.42. The number of hydrogen-bond acceptors (Lipinski definition) is 7. The van der Waals surface area contributed by atoms with Gasteiger partial charge in [0.05, 0.1) is 6.07 Å². The second-order valence-electron chi connectivity index (χ2n) is 8.86. The quantitative estimate of drug-likeness (QED) is 0.442. The topological polar surface area (TPSA) is 129 Å². The molecule has 0 spiro atoms. The smallest absolute Gasteiger partial charge is 0.410 e. The molecule has 10 nitrogen and oxygen atoms in total. The molecule has 0 aromatic rings. The number of amides is 3. The number of likely N-dealkylation sites (tertiary alicyclic amines) is 2. The molecule has 1 N–H and O–H groups in total. The Morgan fingerprint density at radius 1 is 1.12 bits per heavy atom. The predicted molar refractivity (Wildman–Crippen MR) is 121 cm³/mol. The van der Waals surface area contributed by atoms with Crippen LogP contribution in [0.2, 0.25) is 0 Å². The number of piperidine rings is 1. The summed E-state index contributed by atoms with van der Waals surface area (Å²) in [6.45, 7) is 4.26. The van der Waals surface area contributed by atoms with Crippen LogP contribution in [0.4, 0.5) is 4.79 Å². The van der Waals surface area contributed by atoms with Crippen molar-refractivity contribution < 1.29 is 28.7 Å². The average molecular weight is 473 g/mol. The fourth-order valence-electron chi connectivity index (χ4n) is 4.72. The van der Waals surface area contributed by atoms with E-state index < -0.39 is 36.3 Å². The molecule has 0 radical (unpaired) electrons. The largest absolute Gasteiger partial charge is 0.426 e. The van der Waals surface area contributed by atoms with E-state index in [9.17, 15) is 24.4 Å². The minimum Gasteiger partial charge on any atom is -0.426 e. The highest BCUT2D eigenvalue weighted by atomic mass is 16.7. The number of ether oxygens (including phenoxy) is 2. The van der Waals surface area contributed by atoms with Crippen LogP contribution in [0.25, 0.3) is 0 Å². The summed E-state index contributed by atoms with van der Waals surface area (Å²) in [7, 11) is 0. The molecule has 3 amide bonds. The molecular weight excluding hydrogens is 440 g/mol. The van der Waals surface area contributed by atoms with E-state index in [0.717, 1.165) is 6.42 Å². The van der Waals surface area contributed by atoms with Gasteiger partial charge in [0.1, 0.15) is 12.1 Å². The van der Waals surface area contributed by atoms with Gasteiger partial charge in [-0.15, -0.1) is 0 Å². The summed E-state index contributed by atoms with van der Waals surface area (Å²) in [5.41, 5.74) is 0. The van der Waals surface area contributed by atoms with E-state index >= 15 is 0 Å². The molecule has 0 saturated carbocycles. The molecule has 184 valence electrons. The van der Waals surface area contributed by atoms with Gasteiger partial charge in [-0.1, -0.05) is 24.3 Å². The van der Waals surface area contributed by atoms with E-state index in [1.165, 1.54) is 18.7 Å². The maximum absolute atomic E-state index is 13.2. The van der Waals surface area contributed by atoms with Crippen LogP contribution in [-0.4, -0.2) is 71.7 Å². The number of nitrogens with zero attached hydrogens (tertiary/aromatic N) is 3. The van der Waals surface area contributed by atoms with Crippen LogP contribution in [0.3, 0.4) is 0 Å². The lowest BCUT2D eigenvalue weighted by molar-refractivity contribution is -0.162. The number of nitriles is 1. The summed E-state index contributed by atoms with van der Waals surface area (Å²) >= 11 is 0. The average Bonchev–Trinajstić information content (AvgIpc) is 3.29. The summed E-state index contributed by atoms with van der Waals surface area (Å²) in [6.07, 6.45) is 8.55. The highest BCUT2D eigenvalue weighted by Crippen LogP contribution is 2.29. The first-order valence-corrected chi connectivity index (χ1v) is 11.8. The van der Waals surface area contributed by atoms with Crippen molar-refractivity contribution in [2.45, 2.75) is 64.3 Å². The van der Waals surface area contributed by atoms with E-state index in [1.54, 1.807) is 4.90 Å². The molecule has 2 heterocycles. The van der Waals surface area contributed by atoms with Crippen molar-refractivity contribution in [2.24, 2.45) is 11.8 Å². The van der Waals surface area contributed by atoms with Crippen molar-refractivity contribution in [1.29, 1.82) is 5.26 Å². The van der Waals surface area contributed by atoms with Gasteiger partial charge in [0.15, 0.2) is 0 Å². The summed E-state index contributed by atoms with van der Waals surface area (Å²) in [5, 5.41) is 11.9. The van der Waals surface area contributed by atoms with Crippen molar-refractivity contribution in [3.8, 4) is 6.07 Å². The van der Waals surface area contributed by atoms with Crippen LogP contribution in [0.1, 0.15) is 46.0 Å². The number of carbonyl (C=O) groups is 4. The Balaban J connectivity index is 1.61. The van der Waals surface area contributed by atoms with E-state index in [2.05, 4.69) is 23.5 Å². The Bertz CT molecular complexity index is 894. The summed E-state index contributed by atoms with van der Waals surface area (Å²) in [5.74, 6) is -0.387. The number of carbonyl (C=O) groups excluding carboxylic acids is 4. The summed E-state index contributed by atoms with van der Waals surface area (Å²) in [4.78, 5) is 52.7. The lowest BCUT2D eigenvalue weighted by Gasteiger charge is -2.37. The molecule has 2 fully saturated rings. The zero-order chi connectivity index (χ0) is 24.7. The Morgan fingerprint density at radius 2 is 1.85 bits per heavy atom. The van der Waals surface area contributed by atoms with Crippen LogP contribution in [0, 0.1) is 23.2 Å². The van der Waals surface area contributed by atoms with Crippen LogP contribution in [0.15, 0.2) is 24.3 Å². The van der Waals surface area contributed by atoms with Gasteiger partial charge in [-0.25, -0.2) is 4.79 Å². The van der Waals surface area contributed by atoms with Crippen molar-refractivity contribution in [2.75, 3.05) is 19.6 Å². The highest BCUT2D eigenvalue weighted by Gasteiger charge is 2.35. The molecule has 0 bridgehead atoms. The number of alkyl carbamates (subject to hydrolysis) is 1. The molecule has 2 saturated heterocycles. The number of fused-ring (bicyclic) bond motifs is 1. The van der Waals surface area contributed by atoms with Crippen LogP contribution < -0.4 is 5.32 Å². The predicted octanol–water partition coefficient (Wildman–Crippen LogP) is 1.88. The number of esters is 1. The van der Waals surface area contributed by atoms with Gasteiger partial charge in [-0.2, -0.15) is 5.26 Å². The Labute approximate surface area is 199 Å². The summed E-state index contributed by atoms with van der Waals surface area (Å²) in [6, 6.07) is 0.518. The molecule has 10 heteroatoms. The Hall–Kier alpha value is -3.35. The molecule has 3 aliphatic rings. The lowest BCUT2D eigenvalue weighted by Crippen LogP contribution is -2.51. The normalized spacial score (nSPS) is 25.0. The molecule has 3 rings (SSSR count). The lowest BCUT2D eigenvalue weighted by atomic mass is 9.82. The zero-order valence-corrected chi connectivity index (χ0v) is 19.6. The van der Waals surface area contributed by atoms with E-state index in [-0.39, 0.29) is 24.7 Å². The highest BCUT2D eigenvalue weighted by molar-refractivity contribution is 5.87. The van der Waals surface area contributed by atoms with Crippen LogP contribution in [0.5, 0.6) is 0 Å². The third-order valence-electron chi connectivity index (χ3n) is 6.42. The fraction of sp³-hybridized carbons (Fsp3) is 0.625. The molecule has 0 aromatic heterocycles. The molecular formula is C24H32N4O6. The van der Waals surface area contributed by atoms with Crippen molar-refractivity contribution in [1.82, 2.24) is 15.1 Å². The minimum absolute atomic E-state index is 0.0676. The van der Waals surface area contributed by atoms with Gasteiger partial charge in [0, 0.05) is 45.8 Å². The first kappa shape index (κ1) is 25.3. The first-order chi connectivity index (χ1) is 16.3. The zero-order valence-electron chi connectivity index (χ0n) is 19.6. The number of allylic oxidation sites excluding steroid dienone is 3. The third kappa shape index (κ3) is 6.59. The van der Waals surface area contributed by atoms with E-state index in [0.29, 0.717) is 38.4 Å². The van der Waals surface area contributed by atoms with Crippen molar-refractivity contribution in [3.63, 3.8) is 0 Å². The maximum Gasteiger partial charge on any atom is 0.410 e. The second kappa shape index (κ2) is 11.7. The van der Waals surface area contributed by atoms with Gasteiger partial charge in [-0.05, 0) is 31.6 Å². The van der Waals surface area contributed by atoms with E-state index in [4.69, 9.17) is 9.47 Å². The van der Waals surface area contributed by atoms with Gasteiger partial charge in [0.2, 0.25) is 18.1 Å². The molecule has 2 aliphatic heterocycles. The van der Waals surface area contributed by atoms with Crippen molar-refractivity contribution >= 4 is 23.9 Å². The second-order valence-corrected chi connectivity index (χ2v) is 8.86. The minimum atomic E-state index is -1.13. The molecule has 34 heavy (non-hydrogen) atoms. The van der Waals surface area contributed by atoms with Crippen LogP contribution >= 0.6 is 0 Å². The molecule has 5 atom stereocenters. The maximum atomic E-state index is 13.2. The summed E-state index contributed by atoms with van der Waals surface area (Å²) < 4.78 is 9.79. The van der Waals surface area contributed by atoms with Crippen LogP contribution in [-0.2, 0) is 23.9 Å². The Morgan fingerprint density at radius 3 is 2.56 bits per heavy atom. The van der Waals surface area contributed by atoms with Gasteiger partial charge in [0.25, 0.3) is 0 Å². The first-order valence-electron chi connectivity index (χ1n) is 11.8.